The van der Waals surface area contributed by atoms with Gasteiger partial charge >= 0.3 is 6.18 Å². The van der Waals surface area contributed by atoms with Crippen LogP contribution in [0.25, 0.3) is 0 Å². The van der Waals surface area contributed by atoms with Crippen LogP contribution >= 0.6 is 11.6 Å². The van der Waals surface area contributed by atoms with Gasteiger partial charge in [-0.3, -0.25) is 4.98 Å². The summed E-state index contributed by atoms with van der Waals surface area (Å²) in [6.07, 6.45) is -0.829. The molecule has 0 saturated heterocycles. The number of benzene rings is 1. The summed E-state index contributed by atoms with van der Waals surface area (Å²) in [5.74, 6) is 0. The maximum absolute atomic E-state index is 12.9. The lowest BCUT2D eigenvalue weighted by Gasteiger charge is -2.11. The van der Waals surface area contributed by atoms with Gasteiger partial charge in [-0.05, 0) is 43.2 Å². The van der Waals surface area contributed by atoms with Gasteiger partial charge in [-0.2, -0.15) is 13.2 Å². The Labute approximate surface area is 150 Å². The largest absolute Gasteiger partial charge is 0.417 e. The van der Waals surface area contributed by atoms with E-state index in [0.717, 1.165) is 23.9 Å². The Hall–Kier alpha value is -2.08. The molecule has 0 aliphatic rings. The molecule has 0 aliphatic carbocycles. The normalized spacial score (nSPS) is 12.0. The van der Waals surface area contributed by atoms with Crippen molar-refractivity contribution in [3.63, 3.8) is 0 Å². The smallest absolute Gasteiger partial charge is 0.366 e. The molecule has 0 saturated carbocycles. The van der Waals surface area contributed by atoms with Crippen molar-refractivity contribution in [2.75, 3.05) is 13.6 Å². The zero-order valence-corrected chi connectivity index (χ0v) is 15.0. The fourth-order valence-corrected chi connectivity index (χ4v) is 2.41. The third-order valence-electron chi connectivity index (χ3n) is 3.75. The molecule has 0 aliphatic heterocycles. The summed E-state index contributed by atoms with van der Waals surface area (Å²) in [4.78, 5) is 10.6. The minimum Gasteiger partial charge on any atom is -0.366 e. The summed E-state index contributed by atoms with van der Waals surface area (Å²) in [7, 11) is 1.92. The van der Waals surface area contributed by atoms with Gasteiger partial charge in [0.15, 0.2) is 0 Å². The van der Waals surface area contributed by atoms with E-state index < -0.39 is 11.7 Å². The van der Waals surface area contributed by atoms with Gasteiger partial charge in [0.25, 0.3) is 0 Å². The Morgan fingerprint density at radius 2 is 2.00 bits per heavy atom. The number of halogens is 4. The first kappa shape index (κ1) is 19.2. The predicted molar refractivity (Wildman–Crippen MR) is 94.7 cm³/mol. The van der Waals surface area contributed by atoms with Gasteiger partial charge in [0.2, 0.25) is 0 Å². The highest BCUT2D eigenvalue weighted by Gasteiger charge is 2.33. The summed E-state index contributed by atoms with van der Waals surface area (Å²) in [5.41, 5.74) is 2.00. The van der Waals surface area contributed by atoms with E-state index >= 15 is 0 Å². The van der Waals surface area contributed by atoms with Crippen molar-refractivity contribution in [3.05, 3.63) is 57.9 Å². The van der Waals surface area contributed by atoms with Gasteiger partial charge in [0, 0.05) is 25.7 Å². The molecular weight excluding hydrogens is 351 g/mol. The number of hydrogen-bond acceptors (Lipinski definition) is 2. The highest BCUT2D eigenvalue weighted by Crippen LogP contribution is 2.35. The van der Waals surface area contributed by atoms with Gasteiger partial charge in [-0.25, -0.2) is 4.99 Å². The first-order chi connectivity index (χ1) is 11.7. The second-order valence-corrected chi connectivity index (χ2v) is 6.18. The van der Waals surface area contributed by atoms with E-state index in [4.69, 9.17) is 11.6 Å². The Balaban J connectivity index is 2.22. The molecule has 2 rings (SSSR count). The molecule has 0 N–H and O–H groups in total. The molecule has 7 heteroatoms. The summed E-state index contributed by atoms with van der Waals surface area (Å²) in [5, 5.41) is -0.301. The quantitative estimate of drug-likeness (QED) is 0.531. The third-order valence-corrected chi connectivity index (χ3v) is 4.08. The first-order valence-electron chi connectivity index (χ1n) is 7.76. The topological polar surface area (TPSA) is 28.5 Å². The Morgan fingerprint density at radius 1 is 1.28 bits per heavy atom. The van der Waals surface area contributed by atoms with Crippen LogP contribution in [0.15, 0.2) is 35.5 Å². The maximum atomic E-state index is 12.9. The average molecular weight is 370 g/mol. The van der Waals surface area contributed by atoms with Gasteiger partial charge in [0.05, 0.1) is 28.8 Å². The number of rotatable bonds is 5. The van der Waals surface area contributed by atoms with Gasteiger partial charge in [-0.1, -0.05) is 17.7 Å². The van der Waals surface area contributed by atoms with Gasteiger partial charge in [-0.15, -0.1) is 0 Å². The van der Waals surface area contributed by atoms with Crippen molar-refractivity contribution in [1.29, 1.82) is 0 Å². The van der Waals surface area contributed by atoms with Gasteiger partial charge in [0.1, 0.15) is 0 Å². The summed E-state index contributed by atoms with van der Waals surface area (Å²) in [6, 6.07) is 5.75. The average Bonchev–Trinajstić information content (AvgIpc) is 2.54. The van der Waals surface area contributed by atoms with E-state index in [0.29, 0.717) is 17.7 Å². The van der Waals surface area contributed by atoms with Crippen molar-refractivity contribution in [2.45, 2.75) is 26.4 Å². The highest BCUT2D eigenvalue weighted by atomic mass is 35.5. The Bertz CT molecular complexity index is 773. The van der Waals surface area contributed by atoms with Crippen molar-refractivity contribution < 1.29 is 13.2 Å². The van der Waals surface area contributed by atoms with E-state index in [9.17, 15) is 13.2 Å². The molecule has 1 heterocycles. The van der Waals surface area contributed by atoms with Crippen LogP contribution in [0.3, 0.4) is 0 Å². The second-order valence-electron chi connectivity index (χ2n) is 5.77. The lowest BCUT2D eigenvalue weighted by atomic mass is 10.0. The minimum atomic E-state index is -4.47. The molecule has 0 amide bonds. The fraction of sp³-hybridized carbons (Fsp3) is 0.333. The Kier molecular flexibility index (Phi) is 6.06. The second kappa shape index (κ2) is 7.87. The first-order valence-corrected chi connectivity index (χ1v) is 8.14. The predicted octanol–water partition coefficient (Wildman–Crippen LogP) is 5.26. The molecule has 0 spiro atoms. The van der Waals surface area contributed by atoms with Crippen molar-refractivity contribution in [1.82, 2.24) is 9.88 Å². The molecule has 1 aromatic heterocycles. The number of aryl methyl sites for hydroxylation is 1. The molecule has 134 valence electrons. The molecule has 0 atom stereocenters. The van der Waals surface area contributed by atoms with Crippen LogP contribution < -0.4 is 0 Å². The van der Waals surface area contributed by atoms with Crippen LogP contribution in [0.5, 0.6) is 0 Å². The molecule has 0 unspecified atom stereocenters. The van der Waals surface area contributed by atoms with Crippen LogP contribution in [-0.2, 0) is 12.6 Å². The molecular formula is C18H19ClF3N3. The number of aromatic nitrogens is 1. The maximum Gasteiger partial charge on any atom is 0.417 e. The van der Waals surface area contributed by atoms with Crippen molar-refractivity contribution in [2.24, 2.45) is 4.99 Å². The Morgan fingerprint density at radius 3 is 2.60 bits per heavy atom. The number of pyridine rings is 1. The molecule has 3 nitrogen and oxygen atoms in total. The number of aliphatic imine (C=N–C) groups is 1. The van der Waals surface area contributed by atoms with E-state index in [1.807, 2.05) is 31.9 Å². The van der Waals surface area contributed by atoms with E-state index in [1.54, 1.807) is 18.6 Å². The summed E-state index contributed by atoms with van der Waals surface area (Å²) >= 11 is 5.65. The fourth-order valence-electron chi connectivity index (χ4n) is 2.19. The zero-order valence-electron chi connectivity index (χ0n) is 14.2. The molecule has 1 aromatic carbocycles. The van der Waals surface area contributed by atoms with Crippen LogP contribution in [0.4, 0.5) is 18.9 Å². The molecule has 0 radical (unpaired) electrons. The monoisotopic (exact) mass is 369 g/mol. The minimum absolute atomic E-state index is 0.292. The molecule has 2 aromatic rings. The van der Waals surface area contributed by atoms with Crippen molar-refractivity contribution >= 4 is 23.6 Å². The van der Waals surface area contributed by atoms with Gasteiger partial charge < -0.3 is 4.90 Å². The van der Waals surface area contributed by atoms with E-state index in [1.165, 1.54) is 6.07 Å². The van der Waals surface area contributed by atoms with E-state index in [-0.39, 0.29) is 5.02 Å². The van der Waals surface area contributed by atoms with Crippen molar-refractivity contribution in [3.8, 4) is 0 Å². The summed E-state index contributed by atoms with van der Waals surface area (Å²) in [6.45, 7) is 4.75. The SMILES string of the molecule is CCN(C)C=Nc1cnc(Cc2ccc(Cl)c(C(F)(F)F)c2)cc1C. The van der Waals surface area contributed by atoms with Crippen LogP contribution in [0, 0.1) is 6.92 Å². The van der Waals surface area contributed by atoms with E-state index in [2.05, 4.69) is 9.98 Å². The van der Waals surface area contributed by atoms with Crippen LogP contribution in [0.1, 0.15) is 29.3 Å². The number of alkyl halides is 3. The van der Waals surface area contributed by atoms with Crippen LogP contribution in [-0.4, -0.2) is 29.8 Å². The molecule has 0 bridgehead atoms. The van der Waals surface area contributed by atoms with Crippen LogP contribution in [0.2, 0.25) is 5.02 Å². The molecule has 0 fully saturated rings. The number of nitrogens with zero attached hydrogens (tertiary/aromatic N) is 3. The zero-order chi connectivity index (χ0) is 18.6. The standard InChI is InChI=1S/C18H19ClF3N3/c1-4-25(3)11-24-17-10-23-14(7-12(17)2)8-13-5-6-16(19)15(9-13)18(20,21)22/h5-7,9-11H,4,8H2,1-3H3. The highest BCUT2D eigenvalue weighted by molar-refractivity contribution is 6.31. The lowest BCUT2D eigenvalue weighted by molar-refractivity contribution is -0.137. The third kappa shape index (κ3) is 5.19. The lowest BCUT2D eigenvalue weighted by Crippen LogP contribution is -2.14. The molecule has 25 heavy (non-hydrogen) atoms. The summed E-state index contributed by atoms with van der Waals surface area (Å²) < 4.78 is 38.8. The number of hydrogen-bond donors (Lipinski definition) is 0.